The molecule has 1 aromatic carbocycles. The second-order valence-electron chi connectivity index (χ2n) is 5.42. The molecule has 3 aromatic heterocycles. The number of hydrogen-bond donors (Lipinski definition) is 0. The minimum Gasteiger partial charge on any atom is -0.192 e. The maximum Gasteiger partial charge on any atom is 0.0991 e. The van der Waals surface area contributed by atoms with Crippen molar-refractivity contribution < 1.29 is 0 Å². The maximum atomic E-state index is 8.91. The van der Waals surface area contributed by atoms with Gasteiger partial charge in [0, 0.05) is 14.6 Å². The van der Waals surface area contributed by atoms with Gasteiger partial charge in [-0.15, -0.1) is 34.0 Å². The third-order valence-corrected chi connectivity index (χ3v) is 7.03. The smallest absolute Gasteiger partial charge is 0.0991 e. The molecule has 1 nitrogen and oxygen atoms in total. The Kier molecular flexibility index (Phi) is 4.62. The lowest BCUT2D eigenvalue weighted by atomic mass is 10.1. The molecule has 4 heteroatoms. The molecule has 0 aliphatic heterocycles. The zero-order valence-corrected chi connectivity index (χ0v) is 15.6. The predicted molar refractivity (Wildman–Crippen MR) is 111 cm³/mol. The topological polar surface area (TPSA) is 23.8 Å². The molecule has 0 atom stereocenters. The second kappa shape index (κ2) is 7.20. The average molecular weight is 376 g/mol. The van der Waals surface area contributed by atoms with E-state index in [-0.39, 0.29) is 0 Å². The molecule has 120 valence electrons. The molecule has 0 saturated carbocycles. The van der Waals surface area contributed by atoms with E-state index in [1.54, 1.807) is 22.7 Å². The molecule has 4 aromatic rings. The number of thiophene rings is 3. The number of hydrogen-bond acceptors (Lipinski definition) is 4. The van der Waals surface area contributed by atoms with Gasteiger partial charge in [0.05, 0.1) is 16.5 Å². The molecule has 0 aliphatic rings. The van der Waals surface area contributed by atoms with Crippen molar-refractivity contribution in [1.82, 2.24) is 0 Å². The minimum absolute atomic E-state index is 0.687. The van der Waals surface area contributed by atoms with E-state index >= 15 is 0 Å². The summed E-state index contributed by atoms with van der Waals surface area (Å²) < 4.78 is 0. The van der Waals surface area contributed by atoms with E-state index in [2.05, 4.69) is 59.3 Å². The highest BCUT2D eigenvalue weighted by Crippen LogP contribution is 2.42. The Bertz CT molecular complexity index is 1030. The molecule has 0 radical (unpaired) electrons. The van der Waals surface area contributed by atoms with Gasteiger partial charge in [0.2, 0.25) is 0 Å². The van der Waals surface area contributed by atoms with Crippen molar-refractivity contribution in [2.45, 2.75) is 0 Å². The Balaban J connectivity index is 1.72. The summed E-state index contributed by atoms with van der Waals surface area (Å²) in [4.78, 5) is 5.22. The van der Waals surface area contributed by atoms with Crippen molar-refractivity contribution in [2.24, 2.45) is 0 Å². The summed E-state index contributed by atoms with van der Waals surface area (Å²) in [5, 5.41) is 13.1. The zero-order chi connectivity index (χ0) is 17.1. The summed E-state index contributed by atoms with van der Waals surface area (Å²) in [5.41, 5.74) is 3.02. The number of nitriles is 1. The van der Waals surface area contributed by atoms with Crippen molar-refractivity contribution in [2.75, 3.05) is 0 Å². The predicted octanol–water partition coefficient (Wildman–Crippen LogP) is 7.25. The van der Waals surface area contributed by atoms with Crippen LogP contribution in [0.1, 0.15) is 16.7 Å². The molecule has 0 spiro atoms. The zero-order valence-electron chi connectivity index (χ0n) is 13.2. The highest BCUT2D eigenvalue weighted by molar-refractivity contribution is 7.26. The van der Waals surface area contributed by atoms with E-state index in [0.29, 0.717) is 5.56 Å². The molecule has 0 amide bonds. The highest BCUT2D eigenvalue weighted by atomic mass is 32.1. The molecule has 0 saturated heterocycles. The van der Waals surface area contributed by atoms with Crippen LogP contribution in [0.25, 0.3) is 31.7 Å². The standard InChI is InChI=1S/C21H13NS3/c22-14-16-7-5-15(6-8-16)9-10-17-13-20(18-3-1-11-23-18)25-21(17)19-4-2-12-24-19/h1-13H/b10-9+. The number of nitrogens with zero attached hydrogens (tertiary/aromatic N) is 1. The van der Waals surface area contributed by atoms with Crippen LogP contribution in [0.5, 0.6) is 0 Å². The van der Waals surface area contributed by atoms with E-state index in [1.807, 2.05) is 35.6 Å². The molecule has 0 fully saturated rings. The summed E-state index contributed by atoms with van der Waals surface area (Å²) in [7, 11) is 0. The van der Waals surface area contributed by atoms with Crippen molar-refractivity contribution in [3.05, 3.63) is 82.0 Å². The highest BCUT2D eigenvalue weighted by Gasteiger charge is 2.12. The van der Waals surface area contributed by atoms with Gasteiger partial charge in [-0.05, 0) is 52.2 Å². The normalized spacial score (nSPS) is 11.0. The van der Waals surface area contributed by atoms with Gasteiger partial charge in [-0.3, -0.25) is 0 Å². The van der Waals surface area contributed by atoms with E-state index in [4.69, 9.17) is 5.26 Å². The molecule has 3 heterocycles. The minimum atomic E-state index is 0.687. The van der Waals surface area contributed by atoms with Gasteiger partial charge in [-0.25, -0.2) is 0 Å². The van der Waals surface area contributed by atoms with Crippen LogP contribution in [0, 0.1) is 11.3 Å². The summed E-state index contributed by atoms with van der Waals surface area (Å²) in [6.45, 7) is 0. The molecule has 4 rings (SSSR count). The summed E-state index contributed by atoms with van der Waals surface area (Å²) in [6, 6.07) is 20.6. The van der Waals surface area contributed by atoms with Gasteiger partial charge >= 0.3 is 0 Å². The van der Waals surface area contributed by atoms with Crippen molar-refractivity contribution in [3.8, 4) is 25.6 Å². The van der Waals surface area contributed by atoms with E-state index in [0.717, 1.165) is 5.56 Å². The lowest BCUT2D eigenvalue weighted by Gasteiger charge is -1.96. The molecule has 0 unspecified atom stereocenters. The van der Waals surface area contributed by atoms with Gasteiger partial charge in [0.1, 0.15) is 0 Å². The third kappa shape index (κ3) is 3.49. The van der Waals surface area contributed by atoms with Crippen molar-refractivity contribution in [3.63, 3.8) is 0 Å². The lowest BCUT2D eigenvalue weighted by molar-refractivity contribution is 1.48. The first-order valence-electron chi connectivity index (χ1n) is 7.73. The molecule has 25 heavy (non-hydrogen) atoms. The molecular formula is C21H13NS3. The molecule has 0 N–H and O–H groups in total. The van der Waals surface area contributed by atoms with Crippen molar-refractivity contribution >= 4 is 46.2 Å². The quantitative estimate of drug-likeness (QED) is 0.368. The fraction of sp³-hybridized carbons (Fsp3) is 0. The van der Waals surface area contributed by atoms with Crippen LogP contribution in [0.4, 0.5) is 0 Å². The van der Waals surface area contributed by atoms with Gasteiger partial charge in [-0.2, -0.15) is 5.26 Å². The number of benzene rings is 1. The summed E-state index contributed by atoms with van der Waals surface area (Å²) in [5.74, 6) is 0. The van der Waals surface area contributed by atoms with Crippen molar-refractivity contribution in [1.29, 1.82) is 5.26 Å². The lowest BCUT2D eigenvalue weighted by Crippen LogP contribution is -1.75. The largest absolute Gasteiger partial charge is 0.192 e. The third-order valence-electron chi connectivity index (χ3n) is 3.76. The van der Waals surface area contributed by atoms with Crippen LogP contribution in [-0.4, -0.2) is 0 Å². The van der Waals surface area contributed by atoms with Gasteiger partial charge in [0.15, 0.2) is 0 Å². The number of rotatable bonds is 4. The first-order chi connectivity index (χ1) is 12.3. The molecular weight excluding hydrogens is 362 g/mol. The summed E-state index contributed by atoms with van der Waals surface area (Å²) in [6.07, 6.45) is 4.28. The first kappa shape index (κ1) is 16.0. The van der Waals surface area contributed by atoms with Crippen LogP contribution in [0.2, 0.25) is 0 Å². The van der Waals surface area contributed by atoms with Gasteiger partial charge < -0.3 is 0 Å². The molecule has 0 bridgehead atoms. The Morgan fingerprint density at radius 3 is 2.16 bits per heavy atom. The van der Waals surface area contributed by atoms with E-state index in [9.17, 15) is 0 Å². The van der Waals surface area contributed by atoms with Crippen LogP contribution < -0.4 is 0 Å². The van der Waals surface area contributed by atoms with Crippen LogP contribution in [0.15, 0.2) is 65.4 Å². The fourth-order valence-corrected chi connectivity index (χ4v) is 5.37. The summed E-state index contributed by atoms with van der Waals surface area (Å²) >= 11 is 5.39. The Morgan fingerprint density at radius 2 is 1.52 bits per heavy atom. The van der Waals surface area contributed by atoms with E-state index < -0.39 is 0 Å². The second-order valence-corrected chi connectivity index (χ2v) is 8.36. The Morgan fingerprint density at radius 1 is 0.800 bits per heavy atom. The Labute approximate surface area is 158 Å². The Hall–Kier alpha value is -2.45. The van der Waals surface area contributed by atoms with Gasteiger partial charge in [-0.1, -0.05) is 36.4 Å². The van der Waals surface area contributed by atoms with Gasteiger partial charge in [0.25, 0.3) is 0 Å². The monoisotopic (exact) mass is 375 g/mol. The molecule has 0 aliphatic carbocycles. The van der Waals surface area contributed by atoms with Crippen LogP contribution >= 0.6 is 34.0 Å². The SMILES string of the molecule is N#Cc1ccc(/C=C/c2cc(-c3cccs3)sc2-c2cccs2)cc1. The first-order valence-corrected chi connectivity index (χ1v) is 10.3. The average Bonchev–Trinajstić information content (AvgIpc) is 3.41. The van der Waals surface area contributed by atoms with Crippen LogP contribution in [0.3, 0.4) is 0 Å². The van der Waals surface area contributed by atoms with Crippen LogP contribution in [-0.2, 0) is 0 Å². The maximum absolute atomic E-state index is 8.91. The van der Waals surface area contributed by atoms with E-state index in [1.165, 1.54) is 25.1 Å². The fourth-order valence-electron chi connectivity index (χ4n) is 2.52.